The minimum absolute atomic E-state index is 0.380. The van der Waals surface area contributed by atoms with Crippen molar-refractivity contribution in [2.45, 2.75) is 19.3 Å². The van der Waals surface area contributed by atoms with Crippen molar-refractivity contribution in [3.63, 3.8) is 0 Å². The van der Waals surface area contributed by atoms with Gasteiger partial charge in [0.15, 0.2) is 0 Å². The zero-order chi connectivity index (χ0) is 19.8. The zero-order valence-electron chi connectivity index (χ0n) is 15.6. The summed E-state index contributed by atoms with van der Waals surface area (Å²) in [6.45, 7) is 3.73. The predicted octanol–water partition coefficient (Wildman–Crippen LogP) is 5.95. The topological polar surface area (TPSA) is 50.1 Å². The SMILES string of the molecule is C=CCCCc1ccc(C(=O)Oc2cc(C#N)ccc2-c2ccccc2)cc1. The van der Waals surface area contributed by atoms with Crippen LogP contribution in [0, 0.1) is 11.3 Å². The number of esters is 1. The van der Waals surface area contributed by atoms with Crippen molar-refractivity contribution in [1.82, 2.24) is 0 Å². The molecule has 0 saturated carbocycles. The maximum Gasteiger partial charge on any atom is 0.343 e. The minimum Gasteiger partial charge on any atom is -0.422 e. The first-order valence-electron chi connectivity index (χ1n) is 9.23. The van der Waals surface area contributed by atoms with Crippen LogP contribution < -0.4 is 4.74 Å². The van der Waals surface area contributed by atoms with Crippen molar-refractivity contribution in [2.75, 3.05) is 0 Å². The van der Waals surface area contributed by atoms with E-state index < -0.39 is 5.97 Å². The lowest BCUT2D eigenvalue weighted by Crippen LogP contribution is -2.09. The Morgan fingerprint density at radius 2 is 1.79 bits per heavy atom. The molecular weight excluding hydrogens is 346 g/mol. The van der Waals surface area contributed by atoms with Gasteiger partial charge in [-0.2, -0.15) is 5.26 Å². The Morgan fingerprint density at radius 1 is 1.04 bits per heavy atom. The normalized spacial score (nSPS) is 10.1. The number of carbonyl (C=O) groups excluding carboxylic acids is 1. The average molecular weight is 367 g/mol. The van der Waals surface area contributed by atoms with E-state index in [2.05, 4.69) is 12.6 Å². The van der Waals surface area contributed by atoms with Crippen LogP contribution in [0.2, 0.25) is 0 Å². The van der Waals surface area contributed by atoms with Crippen LogP contribution in [0.3, 0.4) is 0 Å². The fourth-order valence-electron chi connectivity index (χ4n) is 2.95. The maximum absolute atomic E-state index is 12.7. The Hall–Kier alpha value is -3.64. The molecular formula is C25H21NO2. The van der Waals surface area contributed by atoms with Gasteiger partial charge in [0.25, 0.3) is 0 Å². The molecule has 3 heteroatoms. The molecule has 0 radical (unpaired) electrons. The largest absolute Gasteiger partial charge is 0.422 e. The van der Waals surface area contributed by atoms with Gasteiger partial charge in [0.05, 0.1) is 17.2 Å². The van der Waals surface area contributed by atoms with E-state index in [4.69, 9.17) is 4.74 Å². The molecule has 3 aromatic carbocycles. The molecule has 0 aliphatic heterocycles. The third-order valence-electron chi connectivity index (χ3n) is 4.46. The summed E-state index contributed by atoms with van der Waals surface area (Å²) in [7, 11) is 0. The molecule has 0 N–H and O–H groups in total. The Kier molecular flexibility index (Phi) is 6.38. The van der Waals surface area contributed by atoms with Crippen LogP contribution in [-0.4, -0.2) is 5.97 Å². The quantitative estimate of drug-likeness (QED) is 0.224. The lowest BCUT2D eigenvalue weighted by molar-refractivity contribution is 0.0735. The molecule has 3 nitrogen and oxygen atoms in total. The lowest BCUT2D eigenvalue weighted by atomic mass is 10.0. The second kappa shape index (κ2) is 9.34. The molecule has 28 heavy (non-hydrogen) atoms. The van der Waals surface area contributed by atoms with Crippen LogP contribution >= 0.6 is 0 Å². The highest BCUT2D eigenvalue weighted by Gasteiger charge is 2.14. The number of ether oxygens (including phenoxy) is 1. The Bertz CT molecular complexity index is 999. The van der Waals surface area contributed by atoms with Crippen LogP contribution in [0.15, 0.2) is 85.5 Å². The van der Waals surface area contributed by atoms with Gasteiger partial charge < -0.3 is 4.74 Å². The van der Waals surface area contributed by atoms with Gasteiger partial charge in [0, 0.05) is 5.56 Å². The minimum atomic E-state index is -0.440. The molecule has 0 bridgehead atoms. The van der Waals surface area contributed by atoms with Crippen molar-refractivity contribution < 1.29 is 9.53 Å². The molecule has 0 fully saturated rings. The van der Waals surface area contributed by atoms with E-state index in [1.54, 1.807) is 30.3 Å². The molecule has 0 unspecified atom stereocenters. The van der Waals surface area contributed by atoms with Crippen LogP contribution in [0.25, 0.3) is 11.1 Å². The Balaban J connectivity index is 1.81. The van der Waals surface area contributed by atoms with Crippen molar-refractivity contribution in [3.8, 4) is 22.9 Å². The summed E-state index contributed by atoms with van der Waals surface area (Å²) in [5.74, 6) is -0.0600. The predicted molar refractivity (Wildman–Crippen MR) is 111 cm³/mol. The van der Waals surface area contributed by atoms with Crippen molar-refractivity contribution >= 4 is 5.97 Å². The van der Waals surface area contributed by atoms with E-state index in [1.807, 2.05) is 48.5 Å². The second-order valence-electron chi connectivity index (χ2n) is 6.46. The van der Waals surface area contributed by atoms with Crippen LogP contribution in [0.1, 0.15) is 34.3 Å². The Labute approximate surface area is 165 Å². The summed E-state index contributed by atoms with van der Waals surface area (Å²) in [4.78, 5) is 12.7. The van der Waals surface area contributed by atoms with Gasteiger partial charge >= 0.3 is 5.97 Å². The molecule has 0 heterocycles. The molecule has 0 aliphatic rings. The van der Waals surface area contributed by atoms with Gasteiger partial charge in [0.2, 0.25) is 0 Å². The van der Waals surface area contributed by atoms with Gasteiger partial charge in [-0.3, -0.25) is 0 Å². The van der Waals surface area contributed by atoms with E-state index in [0.29, 0.717) is 16.9 Å². The number of unbranched alkanes of at least 4 members (excludes halogenated alkanes) is 1. The summed E-state index contributed by atoms with van der Waals surface area (Å²) in [6, 6.07) is 24.3. The molecule has 3 aromatic rings. The third-order valence-corrected chi connectivity index (χ3v) is 4.46. The molecule has 3 rings (SSSR count). The highest BCUT2D eigenvalue weighted by Crippen LogP contribution is 2.31. The van der Waals surface area contributed by atoms with Crippen molar-refractivity contribution in [1.29, 1.82) is 5.26 Å². The van der Waals surface area contributed by atoms with Crippen molar-refractivity contribution in [3.05, 3.63) is 102 Å². The molecule has 138 valence electrons. The standard InChI is InChI=1S/C25H21NO2/c1-2-3-5-8-19-11-14-22(15-12-19)25(27)28-24-17-20(18-26)13-16-23(24)21-9-6-4-7-10-21/h2,4,6-7,9-17H,1,3,5,8H2. The lowest BCUT2D eigenvalue weighted by Gasteiger charge is -2.11. The summed E-state index contributed by atoms with van der Waals surface area (Å²) < 4.78 is 5.66. The highest BCUT2D eigenvalue weighted by molar-refractivity contribution is 5.92. The van der Waals surface area contributed by atoms with Gasteiger partial charge in [0.1, 0.15) is 5.75 Å². The van der Waals surface area contributed by atoms with Crippen LogP contribution in [0.4, 0.5) is 0 Å². The summed E-state index contributed by atoms with van der Waals surface area (Å²) in [5, 5.41) is 9.20. The molecule has 0 atom stereocenters. The molecule has 0 amide bonds. The average Bonchev–Trinajstić information content (AvgIpc) is 2.75. The monoisotopic (exact) mass is 367 g/mol. The third kappa shape index (κ3) is 4.75. The number of nitriles is 1. The maximum atomic E-state index is 12.7. The van der Waals surface area contributed by atoms with E-state index in [-0.39, 0.29) is 0 Å². The number of nitrogens with zero attached hydrogens (tertiary/aromatic N) is 1. The van der Waals surface area contributed by atoms with Gasteiger partial charge in [-0.15, -0.1) is 6.58 Å². The molecule has 0 aromatic heterocycles. The number of benzene rings is 3. The zero-order valence-corrected chi connectivity index (χ0v) is 15.6. The van der Waals surface area contributed by atoms with E-state index in [1.165, 1.54) is 5.56 Å². The van der Waals surface area contributed by atoms with E-state index in [0.717, 1.165) is 30.4 Å². The Morgan fingerprint density at radius 3 is 2.46 bits per heavy atom. The highest BCUT2D eigenvalue weighted by atomic mass is 16.5. The summed E-state index contributed by atoms with van der Waals surface area (Å²) in [5.41, 5.74) is 3.80. The van der Waals surface area contributed by atoms with Crippen molar-refractivity contribution in [2.24, 2.45) is 0 Å². The second-order valence-corrected chi connectivity index (χ2v) is 6.46. The van der Waals surface area contributed by atoms with E-state index >= 15 is 0 Å². The van der Waals surface area contributed by atoms with Gasteiger partial charge in [-0.25, -0.2) is 4.79 Å². The number of carbonyl (C=O) groups is 1. The number of hydrogen-bond donors (Lipinski definition) is 0. The first-order chi connectivity index (χ1) is 13.7. The fraction of sp³-hybridized carbons (Fsp3) is 0.120. The summed E-state index contributed by atoms with van der Waals surface area (Å²) >= 11 is 0. The number of aryl methyl sites for hydroxylation is 1. The first-order valence-corrected chi connectivity index (χ1v) is 9.23. The van der Waals surface area contributed by atoms with Crippen LogP contribution in [0.5, 0.6) is 5.75 Å². The van der Waals surface area contributed by atoms with Gasteiger partial charge in [-0.1, -0.05) is 48.5 Å². The first kappa shape index (κ1) is 19.1. The number of allylic oxidation sites excluding steroid dienone is 1. The number of hydrogen-bond acceptors (Lipinski definition) is 3. The fourth-order valence-corrected chi connectivity index (χ4v) is 2.95. The van der Waals surface area contributed by atoms with Crippen LogP contribution in [-0.2, 0) is 6.42 Å². The summed E-state index contributed by atoms with van der Waals surface area (Å²) in [6.07, 6.45) is 4.87. The molecule has 0 spiro atoms. The molecule has 0 aliphatic carbocycles. The molecule has 0 saturated heterocycles. The smallest absolute Gasteiger partial charge is 0.343 e. The van der Waals surface area contributed by atoms with Gasteiger partial charge in [-0.05, 0) is 60.7 Å². The van der Waals surface area contributed by atoms with E-state index in [9.17, 15) is 10.1 Å². The number of rotatable bonds is 7.